The molecule has 122 heavy (non-hydrogen) atoms. The van der Waals surface area contributed by atoms with Crippen LogP contribution >= 0.6 is 0 Å². The molecule has 0 atom stereocenters. The van der Waals surface area contributed by atoms with Crippen LogP contribution in [0.2, 0.25) is 0 Å². The van der Waals surface area contributed by atoms with E-state index >= 15 is 0 Å². The molecule has 0 saturated carbocycles. The minimum atomic E-state index is -1.04. The van der Waals surface area contributed by atoms with Crippen molar-refractivity contribution in [1.82, 2.24) is 0 Å². The fraction of sp³-hybridized carbons (Fsp3) is 0.0182. The second-order valence-corrected chi connectivity index (χ2v) is 29.7. The molecule has 0 fully saturated rings. The second kappa shape index (κ2) is 32.6. The van der Waals surface area contributed by atoms with Gasteiger partial charge in [-0.25, -0.2) is 19.2 Å². The van der Waals surface area contributed by atoms with E-state index in [1.54, 1.807) is 48.5 Å². The fourth-order valence-electron chi connectivity index (χ4n) is 16.4. The number of carboxylic acid groups (broad SMARTS) is 2. The number of carboxylic acids is 2. The Kier molecular flexibility index (Phi) is 20.2. The van der Waals surface area contributed by atoms with Crippen molar-refractivity contribution in [3.8, 4) is 113 Å². The van der Waals surface area contributed by atoms with Crippen LogP contribution in [0, 0.1) is 0 Å². The van der Waals surface area contributed by atoms with Crippen molar-refractivity contribution in [2.24, 2.45) is 0 Å². The van der Waals surface area contributed by atoms with Gasteiger partial charge in [0.2, 0.25) is 0 Å². The third-order valence-electron chi connectivity index (χ3n) is 22.4. The van der Waals surface area contributed by atoms with E-state index in [-0.39, 0.29) is 11.1 Å². The monoisotopic (exact) mass is 1580 g/mol. The lowest BCUT2D eigenvalue weighted by molar-refractivity contribution is 0.0592. The Bertz CT molecular complexity index is 7180. The lowest BCUT2D eigenvalue weighted by Gasteiger charge is -2.21. The largest absolute Gasteiger partial charge is 0.478 e. The number of esters is 2. The summed E-state index contributed by atoms with van der Waals surface area (Å²) in [6, 6.07) is 126. The van der Waals surface area contributed by atoms with E-state index in [2.05, 4.69) is 109 Å². The van der Waals surface area contributed by atoms with E-state index < -0.39 is 23.9 Å². The molecule has 0 aliphatic heterocycles. The van der Waals surface area contributed by atoms with E-state index in [0.29, 0.717) is 68.2 Å². The Labute approximate surface area is 701 Å². The molecule has 0 aliphatic carbocycles. The van der Waals surface area contributed by atoms with Crippen molar-refractivity contribution in [2.75, 3.05) is 14.2 Å². The third-order valence-corrected chi connectivity index (χ3v) is 22.4. The summed E-state index contributed by atoms with van der Waals surface area (Å²) in [5, 5.41) is 36.4. The lowest BCUT2D eigenvalue weighted by atomic mass is 9.92. The molecule has 0 unspecified atom stereocenters. The maximum atomic E-state index is 12.9. The molecule has 20 aromatic rings. The third kappa shape index (κ3) is 14.8. The normalized spacial score (nSPS) is 11.2. The van der Waals surface area contributed by atoms with Crippen LogP contribution in [0.4, 0.5) is 0 Å². The molecule has 584 valence electrons. The number of methoxy groups -OCH3 is 2. The predicted molar refractivity (Wildman–Crippen MR) is 488 cm³/mol. The molecule has 0 aliphatic rings. The van der Waals surface area contributed by atoms with Gasteiger partial charge in [0.05, 0.1) is 36.5 Å². The predicted octanol–water partition coefficient (Wildman–Crippen LogP) is 28.7. The van der Waals surface area contributed by atoms with Crippen molar-refractivity contribution in [2.45, 2.75) is 0 Å². The maximum absolute atomic E-state index is 12.9. The minimum Gasteiger partial charge on any atom is -0.478 e. The molecule has 0 saturated heterocycles. The SMILES string of the molecule is COC(=O)c1ccc(Oc2ccc3ccccc3c2-c2c(Oc3ccc(C(=O)OC)cc3-c3ccc4ccccc4c3)ccc3ccccc23)c(-c2ccc3ccccc3c2)c1.O=C(O)c1ccc(Oc2ccc3ccccc3c2-c2c(Oc3ccc(C(=O)O)cc3-c3ccc4ccccc4c3)ccc3ccccc23)c(-c2ccc3ccccc3c2)c1. The van der Waals surface area contributed by atoms with E-state index in [1.165, 1.54) is 14.2 Å². The van der Waals surface area contributed by atoms with Gasteiger partial charge in [0.25, 0.3) is 0 Å². The molecular formula is C110H72O12. The van der Waals surface area contributed by atoms with Crippen LogP contribution in [0.15, 0.2) is 388 Å². The molecule has 0 aromatic heterocycles. The van der Waals surface area contributed by atoms with Crippen molar-refractivity contribution in [3.63, 3.8) is 0 Å². The zero-order valence-corrected chi connectivity index (χ0v) is 65.9. The van der Waals surface area contributed by atoms with Crippen molar-refractivity contribution in [1.29, 1.82) is 0 Å². The first-order chi connectivity index (χ1) is 59.8. The van der Waals surface area contributed by atoms with Crippen LogP contribution in [0.5, 0.6) is 46.0 Å². The highest BCUT2D eigenvalue weighted by molar-refractivity contribution is 6.13. The summed E-state index contributed by atoms with van der Waals surface area (Å²) in [6.45, 7) is 0. The van der Waals surface area contributed by atoms with Gasteiger partial charge >= 0.3 is 23.9 Å². The smallest absolute Gasteiger partial charge is 0.337 e. The van der Waals surface area contributed by atoms with Gasteiger partial charge in [-0.2, -0.15) is 0 Å². The standard InChI is InChI=1S/C56H38O6.C54H34O6/c1-59-55(57)43-25-27-49(47(33-43)41-21-19-35-11-3-5-15-39(35)31-41)61-51-29-23-37-13-7-9-17-45(37)53(51)54-46-18-10-8-14-38(46)24-30-52(54)62-50-28-26-44(56(58)60-2)34-48(50)42-22-20-36-12-4-6-16-40(36)32-42;55-53(56)41-23-25-47(45(31-41)39-19-17-33-9-1-3-13-37(33)29-39)59-49-27-21-35-11-5-7-15-43(35)51(49)52-44-16-8-6-12-36(44)22-28-50(52)60-48-26-24-42(54(57)58)32-46(48)40-20-18-34-10-2-4-14-38(34)30-40/h3-34H,1-2H3;1-32H,(H,55,56)(H,57,58). The number of carbonyl (C=O) groups is 4. The van der Waals surface area contributed by atoms with Gasteiger partial charge in [0.1, 0.15) is 46.0 Å². The van der Waals surface area contributed by atoms with Gasteiger partial charge in [0.15, 0.2) is 0 Å². The highest BCUT2D eigenvalue weighted by Crippen LogP contribution is 2.53. The number of hydrogen-bond donors (Lipinski definition) is 2. The molecular weight excluding hydrogens is 1510 g/mol. The average Bonchev–Trinajstić information content (AvgIpc) is 0.749. The molecule has 0 radical (unpaired) electrons. The molecule has 20 rings (SSSR count). The van der Waals surface area contributed by atoms with E-state index in [4.69, 9.17) is 28.4 Å². The summed E-state index contributed by atoms with van der Waals surface area (Å²) >= 11 is 0. The van der Waals surface area contributed by atoms with Crippen LogP contribution in [0.1, 0.15) is 41.4 Å². The van der Waals surface area contributed by atoms with Crippen LogP contribution in [-0.4, -0.2) is 48.3 Å². The van der Waals surface area contributed by atoms with E-state index in [9.17, 15) is 29.4 Å². The Hall–Kier alpha value is -16.4. The number of hydrogen-bond acceptors (Lipinski definition) is 10. The highest BCUT2D eigenvalue weighted by atomic mass is 16.5. The van der Waals surface area contributed by atoms with Crippen LogP contribution in [0.3, 0.4) is 0 Å². The number of rotatable bonds is 18. The number of benzene rings is 20. The number of aromatic carboxylic acids is 2. The van der Waals surface area contributed by atoms with Gasteiger partial charge in [-0.1, -0.05) is 267 Å². The summed E-state index contributed by atoms with van der Waals surface area (Å²) in [5.41, 5.74) is 10.5. The summed E-state index contributed by atoms with van der Waals surface area (Å²) < 4.78 is 38.6. The lowest BCUT2D eigenvalue weighted by Crippen LogP contribution is -2.02. The zero-order chi connectivity index (χ0) is 82.9. The molecule has 12 nitrogen and oxygen atoms in total. The molecule has 0 heterocycles. The first-order valence-electron chi connectivity index (χ1n) is 39.8. The Morgan fingerprint density at radius 3 is 0.631 bits per heavy atom. The molecule has 20 aromatic carbocycles. The Morgan fingerprint density at radius 1 is 0.197 bits per heavy atom. The van der Waals surface area contributed by atoms with E-state index in [0.717, 1.165) is 142 Å². The highest BCUT2D eigenvalue weighted by Gasteiger charge is 2.27. The number of carbonyl (C=O) groups excluding carboxylic acids is 2. The van der Waals surface area contributed by atoms with Crippen molar-refractivity contribution >= 4 is 110 Å². The minimum absolute atomic E-state index is 0.144. The maximum Gasteiger partial charge on any atom is 0.337 e. The zero-order valence-electron chi connectivity index (χ0n) is 65.9. The summed E-state index contributed by atoms with van der Waals surface area (Å²) in [6.07, 6.45) is 0. The molecule has 0 amide bonds. The van der Waals surface area contributed by atoms with Crippen LogP contribution < -0.4 is 18.9 Å². The summed E-state index contributed by atoms with van der Waals surface area (Å²) in [4.78, 5) is 50.4. The summed E-state index contributed by atoms with van der Waals surface area (Å²) in [5.74, 6) is 1.39. The number of ether oxygens (including phenoxy) is 6. The van der Waals surface area contributed by atoms with Crippen molar-refractivity contribution < 1.29 is 57.8 Å². The van der Waals surface area contributed by atoms with Gasteiger partial charge in [-0.05, 0) is 230 Å². The van der Waals surface area contributed by atoms with Gasteiger partial charge in [-0.15, -0.1) is 0 Å². The molecule has 0 bridgehead atoms. The number of fused-ring (bicyclic) bond motifs is 8. The van der Waals surface area contributed by atoms with Crippen LogP contribution in [-0.2, 0) is 9.47 Å². The van der Waals surface area contributed by atoms with E-state index in [1.807, 2.05) is 231 Å². The topological polar surface area (TPSA) is 164 Å². The van der Waals surface area contributed by atoms with Gasteiger partial charge in [-0.3, -0.25) is 0 Å². The second-order valence-electron chi connectivity index (χ2n) is 29.7. The van der Waals surface area contributed by atoms with Crippen LogP contribution in [0.25, 0.3) is 153 Å². The Morgan fingerprint density at radius 2 is 0.393 bits per heavy atom. The fourth-order valence-corrected chi connectivity index (χ4v) is 16.4. The van der Waals surface area contributed by atoms with Gasteiger partial charge < -0.3 is 38.6 Å². The summed E-state index contributed by atoms with van der Waals surface area (Å²) in [7, 11) is 2.76. The first-order valence-corrected chi connectivity index (χ1v) is 39.8. The molecule has 12 heteroatoms. The van der Waals surface area contributed by atoms with Crippen molar-refractivity contribution in [3.05, 3.63) is 411 Å². The Balaban J connectivity index is 0.000000161. The first kappa shape index (κ1) is 75.6. The molecule has 2 N–H and O–H groups in total. The average molecular weight is 1590 g/mol. The quantitative estimate of drug-likeness (QED) is 0.0783. The van der Waals surface area contributed by atoms with Gasteiger partial charge in [0, 0.05) is 44.5 Å². The molecule has 0 spiro atoms.